The van der Waals surface area contributed by atoms with Crippen molar-refractivity contribution in [3.8, 4) is 11.8 Å². The molecule has 2 aromatic rings. The minimum Gasteiger partial charge on any atom is -0.0730 e. The summed E-state index contributed by atoms with van der Waals surface area (Å²) in [5.41, 5.74) is 5.67. The predicted molar refractivity (Wildman–Crippen MR) is 143 cm³/mol. The van der Waals surface area contributed by atoms with Gasteiger partial charge < -0.3 is 0 Å². The van der Waals surface area contributed by atoms with E-state index in [1.54, 1.807) is 5.56 Å². The van der Waals surface area contributed by atoms with E-state index in [1.807, 2.05) is 0 Å². The topological polar surface area (TPSA) is 0 Å². The fraction of sp³-hybridized carbons (Fsp3) is 0.515. The first-order valence-corrected chi connectivity index (χ1v) is 13.6. The molecule has 33 heavy (non-hydrogen) atoms. The molecule has 4 rings (SSSR count). The molecular weight excluding hydrogens is 396 g/mol. The van der Waals surface area contributed by atoms with Crippen LogP contribution < -0.4 is 0 Å². The Hall–Kier alpha value is -2.26. The van der Waals surface area contributed by atoms with Crippen LogP contribution in [0.1, 0.15) is 112 Å². The second-order valence-corrected chi connectivity index (χ2v) is 10.5. The van der Waals surface area contributed by atoms with Crippen molar-refractivity contribution in [1.82, 2.24) is 0 Å². The maximum absolute atomic E-state index is 3.34. The normalized spacial score (nSPS) is 25.5. The lowest BCUT2D eigenvalue weighted by Crippen LogP contribution is -2.12. The molecule has 0 atom stereocenters. The van der Waals surface area contributed by atoms with Crippen molar-refractivity contribution in [2.75, 3.05) is 0 Å². The number of rotatable bonds is 6. The van der Waals surface area contributed by atoms with Gasteiger partial charge in [-0.25, -0.2) is 0 Å². The van der Waals surface area contributed by atoms with Crippen LogP contribution in [-0.2, 0) is 6.42 Å². The van der Waals surface area contributed by atoms with Gasteiger partial charge in [0.1, 0.15) is 0 Å². The maximum Gasteiger partial charge on any atom is 0.0249 e. The molecule has 2 aromatic carbocycles. The Labute approximate surface area is 202 Å². The molecule has 0 radical (unpaired) electrons. The van der Waals surface area contributed by atoms with Gasteiger partial charge in [0.2, 0.25) is 0 Å². The van der Waals surface area contributed by atoms with Crippen LogP contribution in [0, 0.1) is 23.7 Å². The zero-order valence-corrected chi connectivity index (χ0v) is 20.9. The molecule has 0 spiro atoms. The summed E-state index contributed by atoms with van der Waals surface area (Å²) in [4.78, 5) is 0. The van der Waals surface area contributed by atoms with Gasteiger partial charge in [0, 0.05) is 5.56 Å². The molecule has 0 saturated heterocycles. The average molecular weight is 439 g/mol. The van der Waals surface area contributed by atoms with E-state index in [-0.39, 0.29) is 0 Å². The lowest BCUT2D eigenvalue weighted by atomic mass is 9.78. The monoisotopic (exact) mass is 438 g/mol. The summed E-state index contributed by atoms with van der Waals surface area (Å²) in [5, 5.41) is 0. The molecular formula is C33H42. The highest BCUT2D eigenvalue weighted by molar-refractivity contribution is 5.39. The van der Waals surface area contributed by atoms with E-state index in [0.717, 1.165) is 23.3 Å². The van der Waals surface area contributed by atoms with Crippen molar-refractivity contribution in [3.05, 3.63) is 82.9 Å². The van der Waals surface area contributed by atoms with Crippen LogP contribution in [0.25, 0.3) is 0 Å². The number of aryl methyl sites for hydroxylation is 1. The first-order valence-electron chi connectivity index (χ1n) is 13.6. The Morgan fingerprint density at radius 1 is 0.727 bits per heavy atom. The predicted octanol–water partition coefficient (Wildman–Crippen LogP) is 9.20. The Bertz CT molecular complexity index is 918. The quantitative estimate of drug-likeness (QED) is 0.394. The van der Waals surface area contributed by atoms with Crippen LogP contribution in [0.15, 0.2) is 60.7 Å². The Morgan fingerprint density at radius 3 is 1.88 bits per heavy atom. The molecule has 2 fully saturated rings. The smallest absolute Gasteiger partial charge is 0.0249 e. The van der Waals surface area contributed by atoms with Gasteiger partial charge in [-0.1, -0.05) is 81.0 Å². The van der Waals surface area contributed by atoms with Crippen LogP contribution >= 0.6 is 0 Å². The number of allylic oxidation sites excluding steroid dienone is 2. The van der Waals surface area contributed by atoms with Crippen LogP contribution in [0.5, 0.6) is 0 Å². The van der Waals surface area contributed by atoms with Gasteiger partial charge in [-0.05, 0) is 116 Å². The van der Waals surface area contributed by atoms with Crippen molar-refractivity contribution in [3.63, 3.8) is 0 Å². The molecule has 0 bridgehead atoms. The highest BCUT2D eigenvalue weighted by atomic mass is 14.3. The second-order valence-electron chi connectivity index (χ2n) is 10.5. The molecule has 0 unspecified atom stereocenters. The van der Waals surface area contributed by atoms with Gasteiger partial charge >= 0.3 is 0 Å². The van der Waals surface area contributed by atoms with E-state index in [4.69, 9.17) is 0 Å². The fourth-order valence-corrected chi connectivity index (χ4v) is 5.94. The molecule has 174 valence electrons. The minimum atomic E-state index is 0.690. The Morgan fingerprint density at radius 2 is 1.30 bits per heavy atom. The third kappa shape index (κ3) is 6.86. The van der Waals surface area contributed by atoms with Crippen molar-refractivity contribution in [2.24, 2.45) is 11.8 Å². The van der Waals surface area contributed by atoms with Crippen LogP contribution in [0.4, 0.5) is 0 Å². The highest BCUT2D eigenvalue weighted by Crippen LogP contribution is 2.37. The van der Waals surface area contributed by atoms with Crippen LogP contribution in [0.3, 0.4) is 0 Å². The van der Waals surface area contributed by atoms with E-state index in [1.165, 1.54) is 81.8 Å². The first-order chi connectivity index (χ1) is 16.2. The van der Waals surface area contributed by atoms with Crippen molar-refractivity contribution >= 4 is 0 Å². The van der Waals surface area contributed by atoms with Gasteiger partial charge in [0.05, 0.1) is 0 Å². The standard InChI is InChI=1S/C33H42/c1-3-7-27-12-20-31(21-13-27)33-24-16-29(17-25-33)9-6-5-8-28-14-22-32(23-15-28)30-18-10-26(4-2)11-19-30/h6,9,12-15,20-23,26,29-30,33H,3-4,7,10-11,16-19,24-25H2,1-2H3. The molecule has 0 aliphatic heterocycles. The summed E-state index contributed by atoms with van der Waals surface area (Å²) in [6.45, 7) is 4.59. The van der Waals surface area contributed by atoms with Gasteiger partial charge in [-0.3, -0.25) is 0 Å². The lowest BCUT2D eigenvalue weighted by Gasteiger charge is -2.28. The zero-order chi connectivity index (χ0) is 22.9. The van der Waals surface area contributed by atoms with Crippen molar-refractivity contribution < 1.29 is 0 Å². The van der Waals surface area contributed by atoms with Crippen LogP contribution in [0.2, 0.25) is 0 Å². The third-order valence-corrected chi connectivity index (χ3v) is 8.24. The molecule has 0 heterocycles. The Balaban J connectivity index is 1.22. The number of benzene rings is 2. The van der Waals surface area contributed by atoms with E-state index in [2.05, 4.69) is 86.4 Å². The lowest BCUT2D eigenvalue weighted by molar-refractivity contribution is 0.319. The van der Waals surface area contributed by atoms with Gasteiger partial charge in [0.25, 0.3) is 0 Å². The van der Waals surface area contributed by atoms with E-state index in [0.29, 0.717) is 5.92 Å². The van der Waals surface area contributed by atoms with Crippen molar-refractivity contribution in [2.45, 2.75) is 96.3 Å². The number of hydrogen-bond donors (Lipinski definition) is 0. The molecule has 0 heteroatoms. The molecule has 0 nitrogen and oxygen atoms in total. The zero-order valence-electron chi connectivity index (χ0n) is 20.9. The summed E-state index contributed by atoms with van der Waals surface area (Å²) in [7, 11) is 0. The average Bonchev–Trinajstić information content (AvgIpc) is 2.88. The van der Waals surface area contributed by atoms with E-state index >= 15 is 0 Å². The molecule has 2 aliphatic rings. The van der Waals surface area contributed by atoms with Gasteiger partial charge in [-0.15, -0.1) is 0 Å². The number of hydrogen-bond acceptors (Lipinski definition) is 0. The van der Waals surface area contributed by atoms with Crippen LogP contribution in [-0.4, -0.2) is 0 Å². The SMILES string of the molecule is CCCc1ccc(C2CCC(C=CC#Cc3ccc(C4CCC(CC)CC4)cc3)CC2)cc1. The molecule has 2 aliphatic carbocycles. The van der Waals surface area contributed by atoms with E-state index in [9.17, 15) is 0 Å². The van der Waals surface area contributed by atoms with E-state index < -0.39 is 0 Å². The highest BCUT2D eigenvalue weighted by Gasteiger charge is 2.21. The first kappa shape index (κ1) is 23.9. The minimum absolute atomic E-state index is 0.690. The Kier molecular flexibility index (Phi) is 8.88. The molecule has 0 N–H and O–H groups in total. The molecule has 0 aromatic heterocycles. The summed E-state index contributed by atoms with van der Waals surface area (Å²) in [6.07, 6.45) is 18.9. The maximum atomic E-state index is 3.34. The summed E-state index contributed by atoms with van der Waals surface area (Å²) < 4.78 is 0. The molecule has 2 saturated carbocycles. The summed E-state index contributed by atoms with van der Waals surface area (Å²) in [6, 6.07) is 18.5. The third-order valence-electron chi connectivity index (χ3n) is 8.24. The second kappa shape index (κ2) is 12.3. The fourth-order valence-electron chi connectivity index (χ4n) is 5.94. The summed E-state index contributed by atoms with van der Waals surface area (Å²) >= 11 is 0. The van der Waals surface area contributed by atoms with Crippen molar-refractivity contribution in [1.29, 1.82) is 0 Å². The summed E-state index contributed by atoms with van der Waals surface area (Å²) in [5.74, 6) is 9.80. The van der Waals surface area contributed by atoms with Gasteiger partial charge in [-0.2, -0.15) is 0 Å². The van der Waals surface area contributed by atoms with Gasteiger partial charge in [0.15, 0.2) is 0 Å². The molecule has 0 amide bonds. The largest absolute Gasteiger partial charge is 0.0730 e.